The highest BCUT2D eigenvalue weighted by Crippen LogP contribution is 2.39. The molecule has 1 aromatic carbocycles. The number of hydrogen-bond acceptors (Lipinski definition) is 3. The van der Waals surface area contributed by atoms with E-state index in [1.807, 2.05) is 52.0 Å². The molecule has 138 valence electrons. The van der Waals surface area contributed by atoms with Crippen LogP contribution in [0, 0.1) is 12.3 Å². The largest absolute Gasteiger partial charge is 0.322 e. The lowest BCUT2D eigenvalue weighted by atomic mass is 9.94. The fraction of sp³-hybridized carbons (Fsp3) is 0.429. The van der Waals surface area contributed by atoms with Gasteiger partial charge in [0.15, 0.2) is 0 Å². The molecule has 0 saturated carbocycles. The summed E-state index contributed by atoms with van der Waals surface area (Å²) in [6.07, 6.45) is 4.10. The molecule has 1 aliphatic rings. The monoisotopic (exact) mass is 370 g/mol. The van der Waals surface area contributed by atoms with Crippen LogP contribution in [0.15, 0.2) is 24.3 Å². The maximum absolute atomic E-state index is 13.1. The number of amides is 2. The third-order valence-electron chi connectivity index (χ3n) is 4.70. The van der Waals surface area contributed by atoms with Crippen LogP contribution in [-0.2, 0) is 17.6 Å². The first kappa shape index (κ1) is 18.6. The Kier molecular flexibility index (Phi) is 5.19. The first-order valence-corrected chi connectivity index (χ1v) is 9.92. The molecule has 0 bridgehead atoms. The van der Waals surface area contributed by atoms with E-state index < -0.39 is 5.41 Å². The molecule has 4 nitrogen and oxygen atoms in total. The lowest BCUT2D eigenvalue weighted by molar-refractivity contribution is -0.123. The molecular formula is C21H26N2O2S. The van der Waals surface area contributed by atoms with Gasteiger partial charge in [-0.2, -0.15) is 0 Å². The van der Waals surface area contributed by atoms with Crippen molar-refractivity contribution in [2.24, 2.45) is 5.41 Å². The summed E-state index contributed by atoms with van der Waals surface area (Å²) in [5, 5.41) is 6.72. The molecule has 2 aromatic rings. The number of nitrogens with one attached hydrogen (secondary N) is 2. The molecule has 2 N–H and O–H groups in total. The van der Waals surface area contributed by atoms with Crippen molar-refractivity contribution in [1.29, 1.82) is 0 Å². The number of rotatable bonds is 3. The molecule has 1 heterocycles. The van der Waals surface area contributed by atoms with Crippen molar-refractivity contribution < 1.29 is 9.59 Å². The minimum Gasteiger partial charge on any atom is -0.322 e. The molecule has 1 aromatic heterocycles. The van der Waals surface area contributed by atoms with E-state index in [0.29, 0.717) is 10.6 Å². The van der Waals surface area contributed by atoms with E-state index in [0.717, 1.165) is 42.5 Å². The molecule has 0 aliphatic heterocycles. The fourth-order valence-electron chi connectivity index (χ4n) is 3.08. The van der Waals surface area contributed by atoms with Gasteiger partial charge < -0.3 is 10.6 Å². The summed E-state index contributed by atoms with van der Waals surface area (Å²) in [6.45, 7) is 7.61. The number of thiophene rings is 1. The van der Waals surface area contributed by atoms with E-state index in [4.69, 9.17) is 0 Å². The average molecular weight is 371 g/mol. The van der Waals surface area contributed by atoms with Crippen LogP contribution in [-0.4, -0.2) is 11.8 Å². The lowest BCUT2D eigenvalue weighted by Gasteiger charge is -2.18. The van der Waals surface area contributed by atoms with Gasteiger partial charge >= 0.3 is 0 Å². The zero-order valence-corrected chi connectivity index (χ0v) is 16.7. The standard InChI is InChI=1S/C21H26N2O2S/c1-13-9-5-7-11-15(13)22-18(24)17-14-10-6-8-12-16(14)26-19(17)23-20(25)21(2,3)4/h5,7,9,11H,6,8,10,12H2,1-4H3,(H,22,24)(H,23,25). The second-order valence-corrected chi connectivity index (χ2v) is 8.99. The summed E-state index contributed by atoms with van der Waals surface area (Å²) in [6, 6.07) is 7.74. The van der Waals surface area contributed by atoms with Crippen molar-refractivity contribution in [2.75, 3.05) is 10.6 Å². The van der Waals surface area contributed by atoms with Crippen molar-refractivity contribution >= 4 is 33.8 Å². The molecule has 0 saturated heterocycles. The smallest absolute Gasteiger partial charge is 0.258 e. The quantitative estimate of drug-likeness (QED) is 0.783. The third kappa shape index (κ3) is 3.83. The molecule has 2 amide bonds. The molecule has 26 heavy (non-hydrogen) atoms. The van der Waals surface area contributed by atoms with Crippen LogP contribution in [0.5, 0.6) is 0 Å². The lowest BCUT2D eigenvalue weighted by Crippen LogP contribution is -2.28. The molecule has 0 unspecified atom stereocenters. The normalized spacial score (nSPS) is 13.8. The number of benzene rings is 1. The van der Waals surface area contributed by atoms with Crippen molar-refractivity contribution in [3.63, 3.8) is 0 Å². The minimum absolute atomic E-state index is 0.0685. The second kappa shape index (κ2) is 7.23. The predicted octanol–water partition coefficient (Wildman–Crippen LogP) is 5.17. The molecule has 1 aliphatic carbocycles. The molecular weight excluding hydrogens is 344 g/mol. The van der Waals surface area contributed by atoms with E-state index in [2.05, 4.69) is 10.6 Å². The van der Waals surface area contributed by atoms with Crippen LogP contribution in [0.4, 0.5) is 10.7 Å². The molecule has 0 radical (unpaired) electrons. The van der Waals surface area contributed by atoms with Crippen molar-refractivity contribution in [3.05, 3.63) is 45.8 Å². The zero-order chi connectivity index (χ0) is 18.9. The average Bonchev–Trinajstić information content (AvgIpc) is 2.94. The second-order valence-electron chi connectivity index (χ2n) is 7.89. The van der Waals surface area contributed by atoms with Crippen LogP contribution >= 0.6 is 11.3 Å². The summed E-state index contributed by atoms with van der Waals surface area (Å²) >= 11 is 1.56. The summed E-state index contributed by atoms with van der Waals surface area (Å²) in [4.78, 5) is 26.8. The number of fused-ring (bicyclic) bond motifs is 1. The molecule has 0 spiro atoms. The fourth-order valence-corrected chi connectivity index (χ4v) is 4.36. The number of para-hydroxylation sites is 1. The SMILES string of the molecule is Cc1ccccc1NC(=O)c1c(NC(=O)C(C)(C)C)sc2c1CCCC2. The Morgan fingerprint density at radius 3 is 2.42 bits per heavy atom. The van der Waals surface area contributed by atoms with Crippen LogP contribution in [0.3, 0.4) is 0 Å². The van der Waals surface area contributed by atoms with E-state index in [1.54, 1.807) is 11.3 Å². The summed E-state index contributed by atoms with van der Waals surface area (Å²) in [5.41, 5.74) is 3.07. The van der Waals surface area contributed by atoms with Gasteiger partial charge in [0.1, 0.15) is 5.00 Å². The van der Waals surface area contributed by atoms with Crippen LogP contribution in [0.2, 0.25) is 0 Å². The van der Waals surface area contributed by atoms with E-state index in [9.17, 15) is 9.59 Å². The Balaban J connectivity index is 1.96. The molecule has 0 atom stereocenters. The topological polar surface area (TPSA) is 58.2 Å². The number of carbonyl (C=O) groups excluding carboxylic acids is 2. The van der Waals surface area contributed by atoms with Crippen molar-refractivity contribution in [2.45, 2.75) is 53.4 Å². The Labute approximate surface area is 159 Å². The third-order valence-corrected chi connectivity index (χ3v) is 5.91. The van der Waals surface area contributed by atoms with Gasteiger partial charge in [-0.3, -0.25) is 9.59 Å². The van der Waals surface area contributed by atoms with Gasteiger partial charge in [0, 0.05) is 16.0 Å². The van der Waals surface area contributed by atoms with Crippen molar-refractivity contribution in [1.82, 2.24) is 0 Å². The number of aryl methyl sites for hydroxylation is 2. The predicted molar refractivity (Wildman–Crippen MR) is 108 cm³/mol. The minimum atomic E-state index is -0.506. The Morgan fingerprint density at radius 2 is 1.73 bits per heavy atom. The van der Waals surface area contributed by atoms with Gasteiger partial charge in [0.25, 0.3) is 5.91 Å². The van der Waals surface area contributed by atoms with Gasteiger partial charge in [-0.05, 0) is 49.8 Å². The maximum atomic E-state index is 13.1. The zero-order valence-electron chi connectivity index (χ0n) is 15.9. The highest BCUT2D eigenvalue weighted by Gasteiger charge is 2.29. The highest BCUT2D eigenvalue weighted by atomic mass is 32.1. The van der Waals surface area contributed by atoms with Gasteiger partial charge in [-0.15, -0.1) is 11.3 Å². The summed E-state index contributed by atoms with van der Waals surface area (Å²) in [7, 11) is 0. The molecule has 0 fully saturated rings. The number of anilines is 2. The molecule has 5 heteroatoms. The van der Waals surface area contributed by atoms with Crippen LogP contribution in [0.1, 0.15) is 60.0 Å². The van der Waals surface area contributed by atoms with Gasteiger partial charge in [-0.1, -0.05) is 39.0 Å². The van der Waals surface area contributed by atoms with Crippen LogP contribution in [0.25, 0.3) is 0 Å². The summed E-state index contributed by atoms with van der Waals surface area (Å²) < 4.78 is 0. The first-order chi connectivity index (χ1) is 12.3. The van der Waals surface area contributed by atoms with E-state index in [-0.39, 0.29) is 11.8 Å². The Hall–Kier alpha value is -2.14. The van der Waals surface area contributed by atoms with E-state index >= 15 is 0 Å². The first-order valence-electron chi connectivity index (χ1n) is 9.10. The maximum Gasteiger partial charge on any atom is 0.258 e. The van der Waals surface area contributed by atoms with Gasteiger partial charge in [0.05, 0.1) is 5.56 Å². The summed E-state index contributed by atoms with van der Waals surface area (Å²) in [5.74, 6) is -0.205. The van der Waals surface area contributed by atoms with Crippen LogP contribution < -0.4 is 10.6 Å². The van der Waals surface area contributed by atoms with Gasteiger partial charge in [0.2, 0.25) is 5.91 Å². The number of carbonyl (C=O) groups is 2. The van der Waals surface area contributed by atoms with Crippen molar-refractivity contribution in [3.8, 4) is 0 Å². The molecule has 3 rings (SSSR count). The Morgan fingerprint density at radius 1 is 1.04 bits per heavy atom. The Bertz CT molecular complexity index is 846. The van der Waals surface area contributed by atoms with E-state index in [1.165, 1.54) is 4.88 Å². The van der Waals surface area contributed by atoms with Gasteiger partial charge in [-0.25, -0.2) is 0 Å². The highest BCUT2D eigenvalue weighted by molar-refractivity contribution is 7.17. The number of hydrogen-bond donors (Lipinski definition) is 2.